The lowest BCUT2D eigenvalue weighted by molar-refractivity contribution is -0.143. The molecule has 0 radical (unpaired) electrons. The van der Waals surface area contributed by atoms with E-state index in [0.717, 1.165) is 12.8 Å². The van der Waals surface area contributed by atoms with Crippen LogP contribution in [0.5, 0.6) is 0 Å². The normalized spacial score (nSPS) is 11.0. The van der Waals surface area contributed by atoms with E-state index in [1.165, 1.54) is 4.90 Å². The maximum absolute atomic E-state index is 12.0. The van der Waals surface area contributed by atoms with Crippen LogP contribution in [-0.2, 0) is 9.53 Å². The van der Waals surface area contributed by atoms with Gasteiger partial charge in [0.25, 0.3) is 0 Å². The van der Waals surface area contributed by atoms with E-state index in [4.69, 9.17) is 4.74 Å². The van der Waals surface area contributed by atoms with Gasteiger partial charge in [-0.05, 0) is 18.8 Å². The van der Waals surface area contributed by atoms with Gasteiger partial charge in [-0.1, -0.05) is 34.1 Å². The Kier molecular flexibility index (Phi) is 8.19. The van der Waals surface area contributed by atoms with Gasteiger partial charge in [-0.3, -0.25) is 4.79 Å². The van der Waals surface area contributed by atoms with Crippen molar-refractivity contribution >= 4 is 12.0 Å². The van der Waals surface area contributed by atoms with Gasteiger partial charge in [-0.25, -0.2) is 4.79 Å². The molecule has 0 aliphatic carbocycles. The lowest BCUT2D eigenvalue weighted by Gasteiger charge is -2.25. The molecule has 19 heavy (non-hydrogen) atoms. The summed E-state index contributed by atoms with van der Waals surface area (Å²) in [5, 5.41) is 2.86. The van der Waals surface area contributed by atoms with Crippen LogP contribution in [0.2, 0.25) is 0 Å². The second-order valence-electron chi connectivity index (χ2n) is 5.80. The van der Waals surface area contributed by atoms with E-state index in [1.54, 1.807) is 6.92 Å². The largest absolute Gasteiger partial charge is 0.465 e. The van der Waals surface area contributed by atoms with Crippen LogP contribution in [-0.4, -0.2) is 43.1 Å². The average molecular weight is 272 g/mol. The van der Waals surface area contributed by atoms with Crippen LogP contribution in [0.15, 0.2) is 0 Å². The van der Waals surface area contributed by atoms with Crippen molar-refractivity contribution in [3.8, 4) is 0 Å². The maximum Gasteiger partial charge on any atom is 0.325 e. The third kappa shape index (κ3) is 9.33. The number of nitrogens with zero attached hydrogens (tertiary/aromatic N) is 1. The van der Waals surface area contributed by atoms with Crippen molar-refractivity contribution in [2.75, 3.05) is 26.2 Å². The first-order chi connectivity index (χ1) is 8.80. The lowest BCUT2D eigenvalue weighted by atomic mass is 9.97. The van der Waals surface area contributed by atoms with Crippen molar-refractivity contribution in [2.24, 2.45) is 5.41 Å². The number of ether oxygens (including phenoxy) is 1. The fourth-order valence-corrected chi connectivity index (χ4v) is 1.42. The molecule has 0 heterocycles. The Hall–Kier alpha value is -1.26. The first-order valence-electron chi connectivity index (χ1n) is 6.98. The molecule has 0 bridgehead atoms. The molecule has 0 unspecified atom stereocenters. The molecule has 0 aliphatic rings. The summed E-state index contributed by atoms with van der Waals surface area (Å²) in [6.07, 6.45) is 1.86. The number of urea groups is 1. The van der Waals surface area contributed by atoms with Crippen molar-refractivity contribution in [1.29, 1.82) is 0 Å². The Morgan fingerprint density at radius 2 is 1.84 bits per heavy atom. The highest BCUT2D eigenvalue weighted by molar-refractivity contribution is 5.80. The molecule has 0 aromatic rings. The highest BCUT2D eigenvalue weighted by Gasteiger charge is 2.19. The molecule has 0 saturated carbocycles. The molecule has 0 spiro atoms. The zero-order chi connectivity index (χ0) is 14.9. The van der Waals surface area contributed by atoms with Crippen molar-refractivity contribution in [3.63, 3.8) is 0 Å². The minimum atomic E-state index is -0.357. The third-order valence-electron chi connectivity index (χ3n) is 2.46. The summed E-state index contributed by atoms with van der Waals surface area (Å²) in [6, 6.07) is -0.198. The number of hydrogen-bond acceptors (Lipinski definition) is 3. The first kappa shape index (κ1) is 17.7. The fourth-order valence-electron chi connectivity index (χ4n) is 1.42. The number of hydrogen-bond donors (Lipinski definition) is 1. The molecular formula is C14H28N2O3. The molecule has 0 aromatic heterocycles. The van der Waals surface area contributed by atoms with Crippen molar-refractivity contribution in [2.45, 2.75) is 47.5 Å². The fraction of sp³-hybridized carbons (Fsp3) is 0.857. The van der Waals surface area contributed by atoms with Crippen molar-refractivity contribution in [3.05, 3.63) is 0 Å². The molecule has 0 aliphatic heterocycles. The first-order valence-corrected chi connectivity index (χ1v) is 6.98. The molecule has 0 fully saturated rings. The number of carbonyl (C=O) groups excluding carboxylic acids is 2. The van der Waals surface area contributed by atoms with E-state index in [-0.39, 0.29) is 24.0 Å². The zero-order valence-corrected chi connectivity index (χ0v) is 12.9. The summed E-state index contributed by atoms with van der Waals surface area (Å²) in [5.74, 6) is -0.357. The van der Waals surface area contributed by atoms with Crippen molar-refractivity contribution < 1.29 is 14.3 Å². The predicted molar refractivity (Wildman–Crippen MR) is 76.0 cm³/mol. The minimum Gasteiger partial charge on any atom is -0.465 e. The van der Waals surface area contributed by atoms with E-state index >= 15 is 0 Å². The summed E-state index contributed by atoms with van der Waals surface area (Å²) in [6.45, 7) is 11.5. The number of amides is 2. The lowest BCUT2D eigenvalue weighted by Crippen LogP contribution is -2.45. The molecular weight excluding hydrogens is 244 g/mol. The van der Waals surface area contributed by atoms with Gasteiger partial charge in [0.2, 0.25) is 0 Å². The van der Waals surface area contributed by atoms with Crippen LogP contribution in [0.3, 0.4) is 0 Å². The van der Waals surface area contributed by atoms with Crippen LogP contribution >= 0.6 is 0 Å². The van der Waals surface area contributed by atoms with Gasteiger partial charge < -0.3 is 15.0 Å². The second-order valence-corrected chi connectivity index (χ2v) is 5.80. The molecule has 5 heteroatoms. The molecule has 1 N–H and O–H groups in total. The Morgan fingerprint density at radius 3 is 2.32 bits per heavy atom. The van der Waals surface area contributed by atoms with Crippen LogP contribution in [0.1, 0.15) is 47.5 Å². The van der Waals surface area contributed by atoms with E-state index in [2.05, 4.69) is 33.0 Å². The number of carbonyl (C=O) groups is 2. The van der Waals surface area contributed by atoms with E-state index in [9.17, 15) is 9.59 Å². The summed E-state index contributed by atoms with van der Waals surface area (Å²) in [7, 11) is 0. The molecule has 0 atom stereocenters. The van der Waals surface area contributed by atoms with E-state index < -0.39 is 0 Å². The number of rotatable bonds is 7. The minimum absolute atomic E-state index is 0.0177. The van der Waals surface area contributed by atoms with Gasteiger partial charge in [0.05, 0.1) is 6.61 Å². The van der Waals surface area contributed by atoms with E-state index in [0.29, 0.717) is 19.7 Å². The standard InChI is InChI=1S/C14H28N2O3/c1-6-8-9-16(10-12(17)19-7-2)13(18)15-11-14(3,4)5/h6-11H2,1-5H3,(H,15,18). The number of esters is 1. The van der Waals surface area contributed by atoms with Gasteiger partial charge in [-0.2, -0.15) is 0 Å². The van der Waals surface area contributed by atoms with Crippen molar-refractivity contribution in [1.82, 2.24) is 10.2 Å². The summed E-state index contributed by atoms with van der Waals surface area (Å²) in [5.41, 5.74) is 0.0238. The van der Waals surface area contributed by atoms with Crippen LogP contribution in [0, 0.1) is 5.41 Å². The quantitative estimate of drug-likeness (QED) is 0.724. The number of unbranched alkanes of at least 4 members (excludes halogenated alkanes) is 1. The Balaban J connectivity index is 4.38. The zero-order valence-electron chi connectivity index (χ0n) is 12.9. The van der Waals surface area contributed by atoms with E-state index in [1.807, 2.05) is 0 Å². The van der Waals surface area contributed by atoms with Crippen LogP contribution < -0.4 is 5.32 Å². The Labute approximate surface area is 116 Å². The molecule has 2 amide bonds. The molecule has 5 nitrogen and oxygen atoms in total. The smallest absolute Gasteiger partial charge is 0.325 e. The van der Waals surface area contributed by atoms with Gasteiger partial charge in [-0.15, -0.1) is 0 Å². The summed E-state index contributed by atoms with van der Waals surface area (Å²) < 4.78 is 4.89. The Morgan fingerprint density at radius 1 is 1.21 bits per heavy atom. The average Bonchev–Trinajstić information content (AvgIpc) is 2.30. The van der Waals surface area contributed by atoms with Gasteiger partial charge in [0, 0.05) is 13.1 Å². The maximum atomic E-state index is 12.0. The monoisotopic (exact) mass is 272 g/mol. The van der Waals surface area contributed by atoms with Crippen LogP contribution in [0.4, 0.5) is 4.79 Å². The predicted octanol–water partition coefficient (Wildman–Crippen LogP) is 2.41. The Bertz CT molecular complexity index is 285. The SMILES string of the molecule is CCCCN(CC(=O)OCC)C(=O)NCC(C)(C)C. The second kappa shape index (κ2) is 8.77. The van der Waals surface area contributed by atoms with Gasteiger partial charge in [0.15, 0.2) is 0 Å². The molecule has 0 aromatic carbocycles. The summed E-state index contributed by atoms with van der Waals surface area (Å²) >= 11 is 0. The van der Waals surface area contributed by atoms with Gasteiger partial charge in [0.1, 0.15) is 6.54 Å². The topological polar surface area (TPSA) is 58.6 Å². The molecule has 0 saturated heterocycles. The highest BCUT2D eigenvalue weighted by atomic mass is 16.5. The summed E-state index contributed by atoms with van der Waals surface area (Å²) in [4.78, 5) is 25.0. The third-order valence-corrected chi connectivity index (χ3v) is 2.46. The molecule has 112 valence electrons. The van der Waals surface area contributed by atoms with Gasteiger partial charge >= 0.3 is 12.0 Å². The number of nitrogens with one attached hydrogen (secondary N) is 1. The molecule has 0 rings (SSSR count). The van der Waals surface area contributed by atoms with Crippen LogP contribution in [0.25, 0.3) is 0 Å². The highest BCUT2D eigenvalue weighted by Crippen LogP contribution is 2.10.